The van der Waals surface area contributed by atoms with E-state index in [2.05, 4.69) is 38.9 Å². The third kappa shape index (κ3) is 5.76. The Labute approximate surface area is 228 Å². The van der Waals surface area contributed by atoms with Crippen molar-refractivity contribution >= 4 is 40.2 Å². The summed E-state index contributed by atoms with van der Waals surface area (Å²) < 4.78 is 2.00. The van der Waals surface area contributed by atoms with Crippen LogP contribution in [-0.4, -0.2) is 96.2 Å². The molecule has 39 heavy (non-hydrogen) atoms. The first-order chi connectivity index (χ1) is 18.4. The number of carbonyl (C=O) groups excluding carboxylic acids is 1. The molecule has 5 rings (SSSR count). The Kier molecular flexibility index (Phi) is 7.10. The highest BCUT2D eigenvalue weighted by molar-refractivity contribution is 5.92. The molecule has 0 spiro atoms. The van der Waals surface area contributed by atoms with Crippen LogP contribution in [-0.2, 0) is 4.79 Å². The van der Waals surface area contributed by atoms with Crippen LogP contribution in [0.4, 0.5) is 23.4 Å². The van der Waals surface area contributed by atoms with Gasteiger partial charge in [0.1, 0.15) is 17.2 Å². The molecule has 2 aliphatic rings. The van der Waals surface area contributed by atoms with E-state index in [4.69, 9.17) is 10.1 Å². The number of carbonyl (C=O) groups is 1. The smallest absolute Gasteiger partial charge is 0.254 e. The van der Waals surface area contributed by atoms with E-state index >= 15 is 0 Å². The Morgan fingerprint density at radius 3 is 2.38 bits per heavy atom. The number of rotatable bonds is 6. The fourth-order valence-corrected chi connectivity index (χ4v) is 5.11. The molecule has 0 radical (unpaired) electrons. The molecule has 2 saturated heterocycles. The van der Waals surface area contributed by atoms with Crippen molar-refractivity contribution in [1.29, 1.82) is 0 Å². The number of pyridine rings is 1. The lowest BCUT2D eigenvalue weighted by atomic mass is 9.94. The number of piperazine rings is 1. The van der Waals surface area contributed by atoms with Gasteiger partial charge in [-0.15, -0.1) is 0 Å². The fourth-order valence-electron chi connectivity index (χ4n) is 5.11. The molecule has 0 aromatic carbocycles. The number of fused-ring (bicyclic) bond motifs is 1. The molecule has 12 nitrogen and oxygen atoms in total. The number of hydrogen-bond donors (Lipinski definition) is 3. The number of aromatic nitrogens is 5. The molecule has 2 fully saturated rings. The van der Waals surface area contributed by atoms with Crippen molar-refractivity contribution in [2.24, 2.45) is 0 Å². The molecule has 1 amide bonds. The van der Waals surface area contributed by atoms with Gasteiger partial charge in [0.15, 0.2) is 5.82 Å². The summed E-state index contributed by atoms with van der Waals surface area (Å²) in [5, 5.41) is 29.6. The maximum atomic E-state index is 12.5. The highest BCUT2D eigenvalue weighted by atomic mass is 16.3. The van der Waals surface area contributed by atoms with Crippen LogP contribution in [0, 0.1) is 0 Å². The molecule has 3 aromatic heterocycles. The summed E-state index contributed by atoms with van der Waals surface area (Å²) in [4.78, 5) is 32.3. The van der Waals surface area contributed by atoms with E-state index in [1.54, 1.807) is 11.1 Å². The summed E-state index contributed by atoms with van der Waals surface area (Å²) in [6.45, 7) is 12.8. The first-order valence-corrected chi connectivity index (χ1v) is 13.6. The van der Waals surface area contributed by atoms with Crippen LogP contribution in [0.3, 0.4) is 0 Å². The highest BCUT2D eigenvalue weighted by Gasteiger charge is 2.33. The van der Waals surface area contributed by atoms with Gasteiger partial charge < -0.3 is 30.2 Å². The highest BCUT2D eigenvalue weighted by Crippen LogP contribution is 2.31. The van der Waals surface area contributed by atoms with E-state index in [9.17, 15) is 15.0 Å². The second-order valence-electron chi connectivity index (χ2n) is 11.6. The monoisotopic (exact) mass is 537 g/mol. The maximum Gasteiger partial charge on any atom is 0.254 e. The van der Waals surface area contributed by atoms with Gasteiger partial charge in [0.25, 0.3) is 5.91 Å². The van der Waals surface area contributed by atoms with Crippen LogP contribution in [0.2, 0.25) is 0 Å². The third-order valence-corrected chi connectivity index (χ3v) is 7.47. The van der Waals surface area contributed by atoms with Crippen molar-refractivity contribution in [2.45, 2.75) is 64.7 Å². The zero-order chi connectivity index (χ0) is 27.9. The molecule has 0 unspecified atom stereocenters. The fraction of sp³-hybridized carbons (Fsp3) is 0.593. The Bertz CT molecular complexity index is 1330. The number of nitrogens with one attached hydrogen (secondary N) is 1. The zero-order valence-electron chi connectivity index (χ0n) is 23.4. The summed E-state index contributed by atoms with van der Waals surface area (Å²) in [6.07, 6.45) is 4.92. The topological polar surface area (TPSA) is 136 Å². The lowest BCUT2D eigenvalue weighted by molar-refractivity contribution is -0.148. The second-order valence-corrected chi connectivity index (χ2v) is 11.6. The molecular weight excluding hydrogens is 498 g/mol. The van der Waals surface area contributed by atoms with Crippen molar-refractivity contribution < 1.29 is 15.0 Å². The number of piperidine rings is 1. The molecule has 5 heterocycles. The Balaban J connectivity index is 1.35. The lowest BCUT2D eigenvalue weighted by Gasteiger charge is -2.37. The Morgan fingerprint density at radius 2 is 1.74 bits per heavy atom. The van der Waals surface area contributed by atoms with Crippen molar-refractivity contribution in [3.8, 4) is 0 Å². The minimum Gasteiger partial charge on any atom is -0.390 e. The van der Waals surface area contributed by atoms with E-state index in [-0.39, 0.29) is 11.9 Å². The van der Waals surface area contributed by atoms with Crippen molar-refractivity contribution in [1.82, 2.24) is 29.6 Å². The summed E-state index contributed by atoms with van der Waals surface area (Å²) in [7, 11) is 0. The van der Waals surface area contributed by atoms with E-state index in [1.807, 2.05) is 29.9 Å². The van der Waals surface area contributed by atoms with E-state index in [1.165, 1.54) is 13.8 Å². The van der Waals surface area contributed by atoms with Gasteiger partial charge >= 0.3 is 0 Å². The molecule has 3 N–H and O–H groups in total. The van der Waals surface area contributed by atoms with Gasteiger partial charge in [-0.3, -0.25) is 9.48 Å². The van der Waals surface area contributed by atoms with Crippen LogP contribution in [0.15, 0.2) is 24.5 Å². The summed E-state index contributed by atoms with van der Waals surface area (Å²) in [6, 6.07) is 3.94. The summed E-state index contributed by atoms with van der Waals surface area (Å²) in [5.41, 5.74) is -1.05. The van der Waals surface area contributed by atoms with E-state index in [0.29, 0.717) is 69.7 Å². The van der Waals surface area contributed by atoms with Crippen molar-refractivity contribution in [2.75, 3.05) is 54.4 Å². The van der Waals surface area contributed by atoms with Crippen LogP contribution in [0.25, 0.3) is 10.9 Å². The van der Waals surface area contributed by atoms with E-state index in [0.717, 1.165) is 16.7 Å². The van der Waals surface area contributed by atoms with Crippen molar-refractivity contribution in [3.63, 3.8) is 0 Å². The SMILES string of the molecule is CC(C)n1nc(N2CCN(C(=O)C(C)(C)O)CC2)c2cnc(Nc3ccnc(N4CCC(C)(O)CC4)n3)cc21. The predicted molar refractivity (Wildman–Crippen MR) is 150 cm³/mol. The van der Waals surface area contributed by atoms with E-state index < -0.39 is 11.2 Å². The van der Waals surface area contributed by atoms with Crippen LogP contribution < -0.4 is 15.1 Å². The zero-order valence-corrected chi connectivity index (χ0v) is 23.4. The molecule has 210 valence electrons. The molecule has 2 aliphatic heterocycles. The molecule has 12 heteroatoms. The number of amides is 1. The average molecular weight is 538 g/mol. The third-order valence-electron chi connectivity index (χ3n) is 7.47. The van der Waals surface area contributed by atoms with Gasteiger partial charge in [0.2, 0.25) is 5.95 Å². The molecule has 0 saturated carbocycles. The Morgan fingerprint density at radius 1 is 1.05 bits per heavy atom. The van der Waals surface area contributed by atoms with Gasteiger partial charge in [-0.2, -0.15) is 10.1 Å². The van der Waals surface area contributed by atoms with Gasteiger partial charge in [0, 0.05) is 63.8 Å². The maximum absolute atomic E-state index is 12.5. The summed E-state index contributed by atoms with van der Waals surface area (Å²) in [5.74, 6) is 2.53. The van der Waals surface area contributed by atoms with Gasteiger partial charge in [0.05, 0.1) is 16.5 Å². The Hall–Kier alpha value is -3.51. The molecule has 0 bridgehead atoms. The predicted octanol–water partition coefficient (Wildman–Crippen LogP) is 2.32. The lowest BCUT2D eigenvalue weighted by Crippen LogP contribution is -2.54. The van der Waals surface area contributed by atoms with Crippen LogP contribution in [0.1, 0.15) is 53.5 Å². The minimum absolute atomic E-state index is 0.136. The number of aliphatic hydroxyl groups is 2. The number of hydrogen-bond acceptors (Lipinski definition) is 10. The molecular formula is C27H39N9O3. The van der Waals surface area contributed by atoms with Gasteiger partial charge in [-0.1, -0.05) is 0 Å². The normalized spacial score (nSPS) is 18.2. The average Bonchev–Trinajstić information content (AvgIpc) is 3.27. The number of nitrogens with zero attached hydrogens (tertiary/aromatic N) is 8. The second kappa shape index (κ2) is 10.2. The standard InChI is InChI=1S/C27H39N9O3/c1-18(2)36-20-16-22(30-21-6-9-28-25(31-21)35-10-7-27(5,39)8-11-35)29-17-19(20)23(32-36)33-12-14-34(15-13-33)24(37)26(3,4)38/h6,9,16-18,38-39H,7-8,10-15H2,1-5H3,(H,28,29,30,31). The first kappa shape index (κ1) is 27.1. The largest absolute Gasteiger partial charge is 0.390 e. The first-order valence-electron chi connectivity index (χ1n) is 13.6. The summed E-state index contributed by atoms with van der Waals surface area (Å²) >= 11 is 0. The van der Waals surface area contributed by atoms with Crippen molar-refractivity contribution in [3.05, 3.63) is 24.5 Å². The quantitative estimate of drug-likeness (QED) is 0.430. The molecule has 0 aliphatic carbocycles. The minimum atomic E-state index is -1.37. The molecule has 3 aromatic rings. The van der Waals surface area contributed by atoms with Gasteiger partial charge in [-0.05, 0) is 53.5 Å². The number of anilines is 4. The molecule has 0 atom stereocenters. The van der Waals surface area contributed by atoms with Crippen LogP contribution >= 0.6 is 0 Å². The van der Waals surface area contributed by atoms with Gasteiger partial charge in [-0.25, -0.2) is 9.97 Å². The van der Waals surface area contributed by atoms with Crippen LogP contribution in [0.5, 0.6) is 0 Å².